The first-order valence-electron chi connectivity index (χ1n) is 8.31. The highest BCUT2D eigenvalue weighted by Crippen LogP contribution is 2.32. The van der Waals surface area contributed by atoms with Crippen molar-refractivity contribution in [2.45, 2.75) is 12.6 Å². The van der Waals surface area contributed by atoms with Crippen LogP contribution >= 0.6 is 11.3 Å². The number of thiophene rings is 1. The number of rotatable bonds is 4. The van der Waals surface area contributed by atoms with Crippen molar-refractivity contribution < 1.29 is 23.8 Å². The lowest BCUT2D eigenvalue weighted by Crippen LogP contribution is -2.54. The molecule has 2 aliphatic heterocycles. The van der Waals surface area contributed by atoms with Gasteiger partial charge in [0.05, 0.1) is 13.2 Å². The van der Waals surface area contributed by atoms with Gasteiger partial charge in [0.25, 0.3) is 0 Å². The van der Waals surface area contributed by atoms with Gasteiger partial charge >= 0.3 is 0 Å². The van der Waals surface area contributed by atoms with Crippen LogP contribution in [0.3, 0.4) is 0 Å². The van der Waals surface area contributed by atoms with Crippen molar-refractivity contribution in [3.63, 3.8) is 0 Å². The molecule has 3 heterocycles. The first kappa shape index (κ1) is 16.9. The molecule has 0 saturated carbocycles. The van der Waals surface area contributed by atoms with E-state index in [9.17, 15) is 9.59 Å². The van der Waals surface area contributed by atoms with E-state index in [2.05, 4.69) is 5.32 Å². The fraction of sp³-hybridized carbons (Fsp3) is 0.333. The van der Waals surface area contributed by atoms with Gasteiger partial charge < -0.3 is 24.4 Å². The maximum atomic E-state index is 12.8. The number of amides is 2. The zero-order valence-electron chi connectivity index (χ0n) is 14.0. The molecule has 1 aromatic heterocycles. The molecule has 1 fully saturated rings. The molecule has 2 amide bonds. The Bertz CT molecular complexity index is 808. The predicted molar refractivity (Wildman–Crippen MR) is 95.5 cm³/mol. The van der Waals surface area contributed by atoms with Crippen molar-refractivity contribution in [1.82, 2.24) is 4.90 Å². The average molecular weight is 374 g/mol. The summed E-state index contributed by atoms with van der Waals surface area (Å²) in [4.78, 5) is 27.6. The van der Waals surface area contributed by atoms with Crippen LogP contribution in [-0.2, 0) is 20.9 Å². The third-order valence-corrected chi connectivity index (χ3v) is 5.08. The van der Waals surface area contributed by atoms with Crippen LogP contribution in [0.5, 0.6) is 11.5 Å². The maximum Gasteiger partial charge on any atom is 0.249 e. The van der Waals surface area contributed by atoms with E-state index in [1.165, 1.54) is 0 Å². The average Bonchev–Trinajstić information content (AvgIpc) is 3.16. The van der Waals surface area contributed by atoms with Gasteiger partial charge in [-0.2, -0.15) is 0 Å². The zero-order valence-corrected chi connectivity index (χ0v) is 14.8. The van der Waals surface area contributed by atoms with E-state index in [4.69, 9.17) is 14.2 Å². The molecular weight excluding hydrogens is 356 g/mol. The minimum absolute atomic E-state index is 0.000814. The summed E-state index contributed by atoms with van der Waals surface area (Å²) in [5, 5.41) is 4.80. The van der Waals surface area contributed by atoms with Crippen LogP contribution in [0.1, 0.15) is 4.88 Å². The quantitative estimate of drug-likeness (QED) is 0.884. The number of fused-ring (bicyclic) bond motifs is 1. The molecule has 2 aliphatic rings. The number of ether oxygens (including phenoxy) is 3. The van der Waals surface area contributed by atoms with Gasteiger partial charge in [-0.25, -0.2) is 0 Å². The predicted octanol–water partition coefficient (Wildman–Crippen LogP) is 1.89. The van der Waals surface area contributed by atoms with Crippen LogP contribution in [0, 0.1) is 0 Å². The molecule has 26 heavy (non-hydrogen) atoms. The Morgan fingerprint density at radius 1 is 1.23 bits per heavy atom. The molecular formula is C18H18N2O5S. The van der Waals surface area contributed by atoms with E-state index < -0.39 is 6.04 Å². The molecule has 0 spiro atoms. The highest BCUT2D eigenvalue weighted by Gasteiger charge is 2.34. The topological polar surface area (TPSA) is 77.1 Å². The molecule has 1 atom stereocenters. The summed E-state index contributed by atoms with van der Waals surface area (Å²) < 4.78 is 16.3. The smallest absolute Gasteiger partial charge is 0.249 e. The summed E-state index contributed by atoms with van der Waals surface area (Å²) >= 11 is 1.55. The largest absolute Gasteiger partial charge is 0.486 e. The molecule has 136 valence electrons. The number of nitrogens with one attached hydrogen (secondary N) is 1. The standard InChI is InChI=1S/C18H18N2O5S/c21-17-11-23-10-14(20(17)9-13-2-1-7-26-13)18(22)19-12-3-4-15-16(8-12)25-6-5-24-15/h1-4,7-8,14H,5-6,9-11H2,(H,19,22)/t14-/m1/s1. The van der Waals surface area contributed by atoms with Gasteiger partial charge in [0.2, 0.25) is 11.8 Å². The van der Waals surface area contributed by atoms with Gasteiger partial charge in [-0.15, -0.1) is 11.3 Å². The van der Waals surface area contributed by atoms with E-state index in [0.29, 0.717) is 36.9 Å². The van der Waals surface area contributed by atoms with E-state index in [1.807, 2.05) is 17.5 Å². The number of carbonyl (C=O) groups excluding carboxylic acids is 2. The van der Waals surface area contributed by atoms with Crippen LogP contribution in [0.2, 0.25) is 0 Å². The number of carbonyl (C=O) groups is 2. The van der Waals surface area contributed by atoms with Gasteiger partial charge in [0, 0.05) is 16.6 Å². The van der Waals surface area contributed by atoms with Crippen molar-refractivity contribution in [1.29, 1.82) is 0 Å². The van der Waals surface area contributed by atoms with E-state index in [-0.39, 0.29) is 25.0 Å². The summed E-state index contributed by atoms with van der Waals surface area (Å²) in [6, 6.07) is 8.43. The van der Waals surface area contributed by atoms with Crippen molar-refractivity contribution in [3.8, 4) is 11.5 Å². The maximum absolute atomic E-state index is 12.8. The number of nitrogens with zero attached hydrogens (tertiary/aromatic N) is 1. The monoisotopic (exact) mass is 374 g/mol. The van der Waals surface area contributed by atoms with Crippen molar-refractivity contribution in [2.75, 3.05) is 31.7 Å². The second-order valence-corrected chi connectivity index (χ2v) is 7.01. The van der Waals surface area contributed by atoms with Crippen LogP contribution in [0.25, 0.3) is 0 Å². The lowest BCUT2D eigenvalue weighted by molar-refractivity contribution is -0.153. The number of anilines is 1. The Morgan fingerprint density at radius 3 is 2.88 bits per heavy atom. The van der Waals surface area contributed by atoms with Crippen molar-refractivity contribution in [3.05, 3.63) is 40.6 Å². The first-order valence-corrected chi connectivity index (χ1v) is 9.19. The summed E-state index contributed by atoms with van der Waals surface area (Å²) in [6.07, 6.45) is 0. The molecule has 7 nitrogen and oxygen atoms in total. The van der Waals surface area contributed by atoms with E-state index >= 15 is 0 Å². The Labute approximate surface area is 154 Å². The molecule has 1 saturated heterocycles. The molecule has 1 aromatic carbocycles. The summed E-state index contributed by atoms with van der Waals surface area (Å²) in [5.74, 6) is 0.781. The van der Waals surface area contributed by atoms with Gasteiger partial charge in [0.1, 0.15) is 25.9 Å². The molecule has 2 aromatic rings. The lowest BCUT2D eigenvalue weighted by atomic mass is 10.2. The minimum atomic E-state index is -0.674. The molecule has 0 aliphatic carbocycles. The first-order chi connectivity index (χ1) is 12.7. The van der Waals surface area contributed by atoms with Crippen LogP contribution < -0.4 is 14.8 Å². The van der Waals surface area contributed by atoms with E-state index in [0.717, 1.165) is 4.88 Å². The number of benzene rings is 1. The SMILES string of the molecule is O=C(Nc1ccc2c(c1)OCCO2)[C@H]1COCC(=O)N1Cc1cccs1. The normalized spacial score (nSPS) is 19.3. The highest BCUT2D eigenvalue weighted by molar-refractivity contribution is 7.09. The van der Waals surface area contributed by atoms with Gasteiger partial charge in [-0.05, 0) is 23.6 Å². The third kappa shape index (κ3) is 3.51. The minimum Gasteiger partial charge on any atom is -0.486 e. The second-order valence-electron chi connectivity index (χ2n) is 5.98. The highest BCUT2D eigenvalue weighted by atomic mass is 32.1. The zero-order chi connectivity index (χ0) is 17.9. The molecule has 8 heteroatoms. The van der Waals surface area contributed by atoms with E-state index in [1.54, 1.807) is 34.4 Å². The number of hydrogen-bond donors (Lipinski definition) is 1. The van der Waals surface area contributed by atoms with Crippen LogP contribution in [-0.4, -0.2) is 49.2 Å². The Morgan fingerprint density at radius 2 is 2.08 bits per heavy atom. The second kappa shape index (κ2) is 7.35. The van der Waals surface area contributed by atoms with Crippen molar-refractivity contribution in [2.24, 2.45) is 0 Å². The van der Waals surface area contributed by atoms with Gasteiger partial charge in [-0.1, -0.05) is 6.07 Å². The third-order valence-electron chi connectivity index (χ3n) is 4.22. The van der Waals surface area contributed by atoms with Crippen molar-refractivity contribution >= 4 is 28.8 Å². The van der Waals surface area contributed by atoms with Crippen LogP contribution in [0.15, 0.2) is 35.7 Å². The fourth-order valence-corrected chi connectivity index (χ4v) is 3.64. The molecule has 0 bridgehead atoms. The lowest BCUT2D eigenvalue weighted by Gasteiger charge is -2.34. The molecule has 4 rings (SSSR count). The van der Waals surface area contributed by atoms with Gasteiger partial charge in [0.15, 0.2) is 11.5 Å². The Kier molecular flexibility index (Phi) is 4.77. The number of morpholine rings is 1. The summed E-state index contributed by atoms with van der Waals surface area (Å²) in [6.45, 7) is 1.56. The molecule has 0 unspecified atom stereocenters. The fourth-order valence-electron chi connectivity index (χ4n) is 2.94. The number of hydrogen-bond acceptors (Lipinski definition) is 6. The summed E-state index contributed by atoms with van der Waals surface area (Å²) in [5.41, 5.74) is 0.591. The molecule has 0 radical (unpaired) electrons. The van der Waals surface area contributed by atoms with Gasteiger partial charge in [-0.3, -0.25) is 9.59 Å². The van der Waals surface area contributed by atoms with Crippen LogP contribution in [0.4, 0.5) is 5.69 Å². The Balaban J connectivity index is 1.49. The summed E-state index contributed by atoms with van der Waals surface area (Å²) in [7, 11) is 0. The molecule has 1 N–H and O–H groups in total. The Hall–Kier alpha value is -2.58.